The fraction of sp³-hybridized carbons (Fsp3) is 0.441. The fourth-order valence-electron chi connectivity index (χ4n) is 7.14. The van der Waals surface area contributed by atoms with Gasteiger partial charge < -0.3 is 31.5 Å². The van der Waals surface area contributed by atoms with E-state index in [4.69, 9.17) is 5.73 Å². The van der Waals surface area contributed by atoms with Crippen LogP contribution < -0.4 is 11.1 Å². The Kier molecular flexibility index (Phi) is 7.55. The average molecular weight is 589 g/mol. The molecule has 0 unspecified atom stereocenters. The number of hydrogen-bond donors (Lipinski definition) is 6. The lowest BCUT2D eigenvalue weighted by molar-refractivity contribution is -0.155. The molecule has 1 fully saturated rings. The molecule has 4 atom stereocenters. The third kappa shape index (κ3) is 4.94. The maximum Gasteiger partial charge on any atom is 0.255 e. The van der Waals surface area contributed by atoms with Gasteiger partial charge in [0.15, 0.2) is 11.4 Å². The molecular formula is C34H40N2O7. The number of amides is 1. The van der Waals surface area contributed by atoms with Crippen LogP contribution in [0.5, 0.6) is 5.75 Å². The maximum atomic E-state index is 14.0. The van der Waals surface area contributed by atoms with Crippen molar-refractivity contribution in [2.75, 3.05) is 6.54 Å². The summed E-state index contributed by atoms with van der Waals surface area (Å²) >= 11 is 0. The number of primary amides is 1. The molecule has 0 radical (unpaired) electrons. The van der Waals surface area contributed by atoms with Crippen LogP contribution in [-0.4, -0.2) is 50.0 Å². The summed E-state index contributed by atoms with van der Waals surface area (Å²) in [4.78, 5) is 39.5. The summed E-state index contributed by atoms with van der Waals surface area (Å²) in [6, 6.07) is 11.2. The van der Waals surface area contributed by atoms with E-state index in [1.807, 2.05) is 24.3 Å². The molecule has 9 nitrogen and oxygen atoms in total. The van der Waals surface area contributed by atoms with Gasteiger partial charge in [0.05, 0.1) is 5.56 Å². The van der Waals surface area contributed by atoms with Crippen LogP contribution in [0, 0.1) is 29.1 Å². The second kappa shape index (κ2) is 10.6. The Morgan fingerprint density at radius 3 is 2.30 bits per heavy atom. The van der Waals surface area contributed by atoms with Crippen molar-refractivity contribution >= 4 is 23.2 Å². The summed E-state index contributed by atoms with van der Waals surface area (Å²) in [7, 11) is 0. The molecule has 2 aromatic carbocycles. The molecule has 3 aliphatic rings. The number of rotatable bonds is 6. The van der Waals surface area contributed by atoms with Gasteiger partial charge in [0.2, 0.25) is 5.78 Å². The molecule has 0 heterocycles. The van der Waals surface area contributed by atoms with E-state index in [0.29, 0.717) is 12.1 Å². The van der Waals surface area contributed by atoms with Gasteiger partial charge in [-0.05, 0) is 58.4 Å². The number of phenolic OH excluding ortho intramolecular Hbond substituents is 1. The van der Waals surface area contributed by atoms with Gasteiger partial charge in [-0.15, -0.1) is 0 Å². The molecule has 43 heavy (non-hydrogen) atoms. The minimum atomic E-state index is -2.62. The summed E-state index contributed by atoms with van der Waals surface area (Å²) in [6.45, 7) is 11.6. The van der Waals surface area contributed by atoms with Crippen molar-refractivity contribution in [3.63, 3.8) is 0 Å². The Bertz CT molecular complexity index is 1580. The van der Waals surface area contributed by atoms with Crippen molar-refractivity contribution in [2.45, 2.75) is 59.6 Å². The predicted molar refractivity (Wildman–Crippen MR) is 162 cm³/mol. The SMILES string of the molecule is CC(C)[C@@H]1C(=O)C(C(N)=O)=C(O)[C@@]2(O)C(=O)C3=C(O)c4c(O)ccc(-c5ccc(CNCC(C)(C)C)cc5)c4C[C@H]3C[C@@H]12. The third-order valence-electron chi connectivity index (χ3n) is 9.10. The number of phenols is 1. The van der Waals surface area contributed by atoms with E-state index in [1.54, 1.807) is 19.9 Å². The number of fused-ring (bicyclic) bond motifs is 3. The Morgan fingerprint density at radius 1 is 1.07 bits per heavy atom. The fourth-order valence-corrected chi connectivity index (χ4v) is 7.14. The Hall–Kier alpha value is -3.95. The van der Waals surface area contributed by atoms with Gasteiger partial charge in [0, 0.05) is 30.5 Å². The molecule has 0 bridgehead atoms. The van der Waals surface area contributed by atoms with Gasteiger partial charge >= 0.3 is 0 Å². The Balaban J connectivity index is 1.58. The average Bonchev–Trinajstić information content (AvgIpc) is 2.90. The van der Waals surface area contributed by atoms with Crippen LogP contribution in [0.25, 0.3) is 16.9 Å². The van der Waals surface area contributed by atoms with Crippen molar-refractivity contribution in [3.05, 3.63) is 70.0 Å². The molecule has 1 amide bonds. The number of aliphatic hydroxyl groups is 3. The number of aromatic hydroxyl groups is 1. The Labute approximate surface area is 251 Å². The van der Waals surface area contributed by atoms with Crippen molar-refractivity contribution in [3.8, 4) is 16.9 Å². The summed E-state index contributed by atoms with van der Waals surface area (Å²) in [5, 5.41) is 48.6. The molecule has 0 saturated heterocycles. The van der Waals surface area contributed by atoms with E-state index in [9.17, 15) is 34.8 Å². The van der Waals surface area contributed by atoms with Crippen LogP contribution in [-0.2, 0) is 27.3 Å². The lowest BCUT2D eigenvalue weighted by Crippen LogP contribution is -2.62. The van der Waals surface area contributed by atoms with E-state index in [-0.39, 0.29) is 41.1 Å². The van der Waals surface area contributed by atoms with Gasteiger partial charge in [0.1, 0.15) is 22.8 Å². The van der Waals surface area contributed by atoms with Gasteiger partial charge in [-0.3, -0.25) is 14.4 Å². The maximum absolute atomic E-state index is 14.0. The zero-order chi connectivity index (χ0) is 31.6. The molecule has 2 aromatic rings. The van der Waals surface area contributed by atoms with E-state index in [2.05, 4.69) is 26.1 Å². The number of nitrogens with two attached hydrogens (primary N) is 1. The number of aliphatic hydroxyl groups excluding tert-OH is 2. The molecule has 3 aliphatic carbocycles. The number of carbonyl (C=O) groups excluding carboxylic acids is 3. The van der Waals surface area contributed by atoms with Crippen LogP contribution in [0.1, 0.15) is 57.7 Å². The highest BCUT2D eigenvalue weighted by molar-refractivity contribution is 6.23. The lowest BCUT2D eigenvalue weighted by atomic mass is 9.54. The molecule has 0 aliphatic heterocycles. The highest BCUT2D eigenvalue weighted by Gasteiger charge is 2.64. The first-order chi connectivity index (χ1) is 20.1. The van der Waals surface area contributed by atoms with Crippen molar-refractivity contribution in [1.82, 2.24) is 5.32 Å². The first-order valence-corrected chi connectivity index (χ1v) is 14.7. The molecular weight excluding hydrogens is 548 g/mol. The summed E-state index contributed by atoms with van der Waals surface area (Å²) in [5.74, 6) is -7.72. The van der Waals surface area contributed by atoms with E-state index >= 15 is 0 Å². The summed E-state index contributed by atoms with van der Waals surface area (Å²) in [6.07, 6.45) is 0.330. The monoisotopic (exact) mass is 588 g/mol. The number of hydrogen-bond acceptors (Lipinski definition) is 8. The van der Waals surface area contributed by atoms with Crippen LogP contribution in [0.4, 0.5) is 0 Å². The normalized spacial score (nSPS) is 25.5. The van der Waals surface area contributed by atoms with E-state index in [0.717, 1.165) is 23.2 Å². The number of carbonyl (C=O) groups is 3. The van der Waals surface area contributed by atoms with Crippen molar-refractivity contribution in [2.24, 2.45) is 34.8 Å². The smallest absolute Gasteiger partial charge is 0.255 e. The first-order valence-electron chi connectivity index (χ1n) is 14.7. The lowest BCUT2D eigenvalue weighted by Gasteiger charge is -2.50. The van der Waals surface area contributed by atoms with Crippen LogP contribution in [0.3, 0.4) is 0 Å². The number of ketones is 2. The van der Waals surface area contributed by atoms with Gasteiger partial charge in [0.25, 0.3) is 5.91 Å². The molecule has 7 N–H and O–H groups in total. The molecule has 1 saturated carbocycles. The molecule has 0 spiro atoms. The zero-order valence-corrected chi connectivity index (χ0v) is 25.2. The van der Waals surface area contributed by atoms with Gasteiger partial charge in [-0.1, -0.05) is 65.0 Å². The topological polar surface area (TPSA) is 170 Å². The van der Waals surface area contributed by atoms with Crippen LogP contribution in [0.2, 0.25) is 0 Å². The zero-order valence-electron chi connectivity index (χ0n) is 25.2. The number of Topliss-reactive ketones (excluding diaryl/α,β-unsaturated/α-hetero) is 2. The van der Waals surface area contributed by atoms with Crippen molar-refractivity contribution in [1.29, 1.82) is 0 Å². The molecule has 9 heteroatoms. The number of benzene rings is 2. The van der Waals surface area contributed by atoms with E-state index < -0.39 is 57.9 Å². The minimum Gasteiger partial charge on any atom is -0.508 e. The Morgan fingerprint density at radius 2 is 1.72 bits per heavy atom. The third-order valence-corrected chi connectivity index (χ3v) is 9.10. The largest absolute Gasteiger partial charge is 0.508 e. The first kappa shape index (κ1) is 30.5. The highest BCUT2D eigenvalue weighted by atomic mass is 16.3. The summed E-state index contributed by atoms with van der Waals surface area (Å²) < 4.78 is 0. The summed E-state index contributed by atoms with van der Waals surface area (Å²) in [5.41, 5.74) is 5.49. The molecule has 228 valence electrons. The minimum absolute atomic E-state index is 0.0826. The van der Waals surface area contributed by atoms with E-state index in [1.165, 1.54) is 6.07 Å². The van der Waals surface area contributed by atoms with Gasteiger partial charge in [-0.2, -0.15) is 0 Å². The van der Waals surface area contributed by atoms with Gasteiger partial charge in [-0.25, -0.2) is 0 Å². The standard InChI is InChI=1S/C34H40N2O7/c1-16(2)24-22-13-19-12-21-20(18-8-6-17(7-9-18)14-36-15-33(3,4)5)10-11-23(37)26(21)29(39)25(19)30(40)34(22,43)31(41)27(28(24)38)32(35)42/h6-11,16,19,22,24,36-37,39,41,43H,12-15H2,1-5H3,(H2,35,42)/t19-,22-,24-,34-/m0/s1. The molecule has 0 aromatic heterocycles. The predicted octanol–water partition coefficient (Wildman–Crippen LogP) is 4.11. The van der Waals surface area contributed by atoms with Crippen molar-refractivity contribution < 1.29 is 34.8 Å². The second-order valence-electron chi connectivity index (χ2n) is 13.7. The molecule has 5 rings (SSSR count). The number of nitrogens with one attached hydrogen (secondary N) is 1. The highest BCUT2D eigenvalue weighted by Crippen LogP contribution is 2.55. The quantitative estimate of drug-likeness (QED) is 0.274. The van der Waals surface area contributed by atoms with Crippen LogP contribution >= 0.6 is 0 Å². The second-order valence-corrected chi connectivity index (χ2v) is 13.7. The van der Waals surface area contributed by atoms with Crippen LogP contribution in [0.15, 0.2) is 53.3 Å².